The van der Waals surface area contributed by atoms with E-state index >= 15 is 0 Å². The molecule has 1 aliphatic heterocycles. The van der Waals surface area contributed by atoms with E-state index in [1.807, 2.05) is 42.5 Å². The number of aromatic nitrogens is 1. The fraction of sp³-hybridized carbons (Fsp3) is 0.348. The number of hydrogen-bond acceptors (Lipinski definition) is 5. The fourth-order valence-electron chi connectivity index (χ4n) is 4.09. The zero-order chi connectivity index (χ0) is 21.5. The quantitative estimate of drug-likeness (QED) is 0.573. The first-order chi connectivity index (χ1) is 15.0. The standard InChI is InChI=1S/C23H21ClN2O4S/c24-15-5-3-4-14(10-15)21-20(22-25-16-6-1-2-7-18(16)31-22)26(12-13-8-9-13)23(29)17(30-21)11-19(27)28/h1-7,10,13,17,20-21H,8-9,11-12H2,(H,27,28)/t17-,20-,21+/m0/s1. The van der Waals surface area contributed by atoms with E-state index in [2.05, 4.69) is 0 Å². The molecule has 2 aromatic carbocycles. The number of halogens is 1. The summed E-state index contributed by atoms with van der Waals surface area (Å²) in [6.07, 6.45) is 0.181. The van der Waals surface area contributed by atoms with Gasteiger partial charge in [-0.25, -0.2) is 4.98 Å². The first-order valence-corrected chi connectivity index (χ1v) is 11.5. The molecule has 1 N–H and O–H groups in total. The number of morpholine rings is 1. The molecule has 0 bridgehead atoms. The zero-order valence-electron chi connectivity index (χ0n) is 16.6. The maximum atomic E-state index is 13.4. The van der Waals surface area contributed by atoms with Gasteiger partial charge in [0.2, 0.25) is 0 Å². The van der Waals surface area contributed by atoms with Crippen molar-refractivity contribution in [1.29, 1.82) is 0 Å². The number of carboxylic acids is 1. The van der Waals surface area contributed by atoms with Crippen molar-refractivity contribution in [2.45, 2.75) is 37.5 Å². The van der Waals surface area contributed by atoms with Crippen molar-refractivity contribution in [3.63, 3.8) is 0 Å². The summed E-state index contributed by atoms with van der Waals surface area (Å²) in [5.41, 5.74) is 1.68. The second kappa shape index (κ2) is 8.22. The number of aliphatic carboxylic acids is 1. The van der Waals surface area contributed by atoms with Gasteiger partial charge in [0.1, 0.15) is 23.3 Å². The number of ether oxygens (including phenoxy) is 1. The minimum absolute atomic E-state index is 0.281. The molecule has 1 amide bonds. The van der Waals surface area contributed by atoms with Crippen LogP contribution in [0.15, 0.2) is 48.5 Å². The van der Waals surface area contributed by atoms with Gasteiger partial charge in [-0.3, -0.25) is 9.59 Å². The lowest BCUT2D eigenvalue weighted by molar-refractivity contribution is -0.179. The Labute approximate surface area is 188 Å². The molecule has 1 aliphatic carbocycles. The molecule has 2 aliphatic rings. The van der Waals surface area contributed by atoms with E-state index < -0.39 is 24.2 Å². The van der Waals surface area contributed by atoms with Crippen LogP contribution < -0.4 is 0 Å². The number of carboxylic acid groups (broad SMARTS) is 1. The Kier molecular flexibility index (Phi) is 5.42. The summed E-state index contributed by atoms with van der Waals surface area (Å²) in [7, 11) is 0. The summed E-state index contributed by atoms with van der Waals surface area (Å²) in [6, 6.07) is 14.8. The number of benzene rings is 2. The molecule has 6 nitrogen and oxygen atoms in total. The van der Waals surface area contributed by atoms with E-state index in [4.69, 9.17) is 21.3 Å². The number of nitrogens with zero attached hydrogens (tertiary/aromatic N) is 2. The second-order valence-electron chi connectivity index (χ2n) is 8.10. The maximum absolute atomic E-state index is 13.4. The van der Waals surface area contributed by atoms with Gasteiger partial charge in [0, 0.05) is 11.6 Å². The van der Waals surface area contributed by atoms with Crippen LogP contribution in [0.2, 0.25) is 5.02 Å². The zero-order valence-corrected chi connectivity index (χ0v) is 18.2. The van der Waals surface area contributed by atoms with Gasteiger partial charge in [-0.2, -0.15) is 0 Å². The minimum atomic E-state index is -1.06. The monoisotopic (exact) mass is 456 g/mol. The summed E-state index contributed by atoms with van der Waals surface area (Å²) in [4.78, 5) is 31.4. The summed E-state index contributed by atoms with van der Waals surface area (Å²) >= 11 is 7.80. The van der Waals surface area contributed by atoms with Crippen LogP contribution in [0.5, 0.6) is 0 Å². The van der Waals surface area contributed by atoms with Crippen LogP contribution in [-0.2, 0) is 14.3 Å². The van der Waals surface area contributed by atoms with Crippen LogP contribution in [0, 0.1) is 5.92 Å². The average Bonchev–Trinajstić information content (AvgIpc) is 3.45. The molecule has 5 rings (SSSR count). The van der Waals surface area contributed by atoms with Crippen molar-refractivity contribution in [2.24, 2.45) is 5.92 Å². The van der Waals surface area contributed by atoms with Crippen molar-refractivity contribution in [3.8, 4) is 0 Å². The van der Waals surface area contributed by atoms with Crippen molar-refractivity contribution in [1.82, 2.24) is 9.88 Å². The molecule has 160 valence electrons. The number of rotatable bonds is 6. The number of thiazole rings is 1. The Morgan fingerprint density at radius 1 is 1.23 bits per heavy atom. The molecule has 3 aromatic rings. The first-order valence-electron chi connectivity index (χ1n) is 10.3. The Morgan fingerprint density at radius 3 is 2.74 bits per heavy atom. The van der Waals surface area contributed by atoms with E-state index in [-0.39, 0.29) is 12.3 Å². The third-order valence-electron chi connectivity index (χ3n) is 5.74. The highest BCUT2D eigenvalue weighted by Gasteiger charge is 2.47. The molecule has 0 unspecified atom stereocenters. The van der Waals surface area contributed by atoms with Crippen LogP contribution in [0.3, 0.4) is 0 Å². The van der Waals surface area contributed by atoms with Crippen molar-refractivity contribution in [3.05, 3.63) is 64.1 Å². The largest absolute Gasteiger partial charge is 0.481 e. The second-order valence-corrected chi connectivity index (χ2v) is 9.60. The fourth-order valence-corrected chi connectivity index (χ4v) is 5.40. The molecular formula is C23H21ClN2O4S. The van der Waals surface area contributed by atoms with Gasteiger partial charge in [0.25, 0.3) is 5.91 Å². The van der Waals surface area contributed by atoms with E-state index in [0.717, 1.165) is 33.6 Å². The highest BCUT2D eigenvalue weighted by molar-refractivity contribution is 7.18. The van der Waals surface area contributed by atoms with Gasteiger partial charge >= 0.3 is 5.97 Å². The summed E-state index contributed by atoms with van der Waals surface area (Å²) < 4.78 is 7.22. The van der Waals surface area contributed by atoms with Crippen LogP contribution in [0.25, 0.3) is 10.2 Å². The van der Waals surface area contributed by atoms with Crippen molar-refractivity contribution in [2.75, 3.05) is 6.54 Å². The van der Waals surface area contributed by atoms with Gasteiger partial charge < -0.3 is 14.7 Å². The summed E-state index contributed by atoms with van der Waals surface area (Å²) in [5.74, 6) is -0.908. The lowest BCUT2D eigenvalue weighted by Crippen LogP contribution is -2.52. The molecule has 31 heavy (non-hydrogen) atoms. The lowest BCUT2D eigenvalue weighted by Gasteiger charge is -2.43. The van der Waals surface area contributed by atoms with Crippen LogP contribution in [0.4, 0.5) is 0 Å². The molecule has 3 atom stereocenters. The third-order valence-corrected chi connectivity index (χ3v) is 7.09. The lowest BCUT2D eigenvalue weighted by atomic mass is 9.96. The Balaban J connectivity index is 1.62. The smallest absolute Gasteiger partial charge is 0.306 e. The van der Waals surface area contributed by atoms with Gasteiger partial charge in [0.15, 0.2) is 0 Å². The highest BCUT2D eigenvalue weighted by atomic mass is 35.5. The number of carbonyl (C=O) groups excluding carboxylic acids is 1. The molecule has 2 heterocycles. The molecule has 1 aromatic heterocycles. The molecule has 8 heteroatoms. The van der Waals surface area contributed by atoms with Crippen molar-refractivity contribution < 1.29 is 19.4 Å². The minimum Gasteiger partial charge on any atom is -0.481 e. The Morgan fingerprint density at radius 2 is 2.03 bits per heavy atom. The molecule has 0 radical (unpaired) electrons. The van der Waals surface area contributed by atoms with Gasteiger partial charge in [-0.15, -0.1) is 11.3 Å². The number of carbonyl (C=O) groups is 2. The maximum Gasteiger partial charge on any atom is 0.306 e. The normalized spacial score (nSPS) is 24.0. The van der Waals surface area contributed by atoms with E-state index in [1.54, 1.807) is 22.3 Å². The third kappa shape index (κ3) is 4.18. The van der Waals surface area contributed by atoms with Crippen LogP contribution in [0.1, 0.15) is 42.0 Å². The first kappa shape index (κ1) is 20.4. The topological polar surface area (TPSA) is 79.7 Å². The average molecular weight is 457 g/mol. The molecule has 1 saturated heterocycles. The van der Waals surface area contributed by atoms with E-state index in [9.17, 15) is 14.7 Å². The van der Waals surface area contributed by atoms with Gasteiger partial charge in [0.05, 0.1) is 16.6 Å². The highest BCUT2D eigenvalue weighted by Crippen LogP contribution is 2.46. The van der Waals surface area contributed by atoms with Gasteiger partial charge in [-0.05, 0) is 48.6 Å². The molecular weight excluding hydrogens is 436 g/mol. The van der Waals surface area contributed by atoms with Crippen LogP contribution >= 0.6 is 22.9 Å². The molecule has 1 saturated carbocycles. The number of para-hydroxylation sites is 1. The Bertz CT molecular complexity index is 1110. The van der Waals surface area contributed by atoms with E-state index in [0.29, 0.717) is 17.5 Å². The predicted molar refractivity (Wildman–Crippen MR) is 118 cm³/mol. The van der Waals surface area contributed by atoms with Crippen molar-refractivity contribution >= 4 is 45.0 Å². The molecule has 2 fully saturated rings. The predicted octanol–water partition coefficient (Wildman–Crippen LogP) is 4.84. The van der Waals surface area contributed by atoms with E-state index in [1.165, 1.54) is 0 Å². The summed E-state index contributed by atoms with van der Waals surface area (Å²) in [6.45, 7) is 0.579. The van der Waals surface area contributed by atoms with Crippen LogP contribution in [-0.4, -0.2) is 39.5 Å². The Hall–Kier alpha value is -2.48. The number of hydrogen-bond donors (Lipinski definition) is 1. The number of fused-ring (bicyclic) bond motifs is 1. The molecule has 0 spiro atoms. The van der Waals surface area contributed by atoms with Gasteiger partial charge in [-0.1, -0.05) is 35.9 Å². The number of amides is 1. The summed E-state index contributed by atoms with van der Waals surface area (Å²) in [5, 5.41) is 10.7. The SMILES string of the molecule is O=C(O)C[C@@H]1O[C@H](c2cccc(Cl)c2)[C@@H](c2nc3ccccc3s2)N(CC2CC2)C1=O.